The van der Waals surface area contributed by atoms with E-state index in [1.165, 1.54) is 5.56 Å². The van der Waals surface area contributed by atoms with Gasteiger partial charge in [0.1, 0.15) is 5.75 Å². The largest absolute Gasteiger partial charge is 0.493 e. The fourth-order valence-corrected chi connectivity index (χ4v) is 2.98. The van der Waals surface area contributed by atoms with Gasteiger partial charge in [0, 0.05) is 25.9 Å². The molecule has 2 rings (SSSR count). The zero-order valence-electron chi connectivity index (χ0n) is 14.7. The van der Waals surface area contributed by atoms with Gasteiger partial charge in [0.05, 0.1) is 12.4 Å². The van der Waals surface area contributed by atoms with Gasteiger partial charge < -0.3 is 15.4 Å². The number of rotatable bonds is 11. The summed E-state index contributed by atoms with van der Waals surface area (Å²) in [5, 5.41) is 5.79. The van der Waals surface area contributed by atoms with Gasteiger partial charge in [-0.3, -0.25) is 9.59 Å². The Morgan fingerprint density at radius 3 is 2.68 bits per heavy atom. The highest BCUT2D eigenvalue weighted by atomic mass is 32.1. The number of thiol groups is 1. The molecule has 0 saturated heterocycles. The van der Waals surface area contributed by atoms with E-state index in [1.807, 2.05) is 12.1 Å². The number of carbonyl (C=O) groups excluding carboxylic acids is 2. The Kier molecular flexibility index (Phi) is 8.66. The van der Waals surface area contributed by atoms with Crippen molar-refractivity contribution in [3.8, 4) is 5.75 Å². The van der Waals surface area contributed by atoms with E-state index in [9.17, 15) is 9.59 Å². The lowest BCUT2D eigenvalue weighted by atomic mass is 10.1. The summed E-state index contributed by atoms with van der Waals surface area (Å²) in [6.45, 7) is 2.05. The lowest BCUT2D eigenvalue weighted by molar-refractivity contribution is -0.121. The molecule has 1 heterocycles. The van der Waals surface area contributed by atoms with Gasteiger partial charge in [-0.1, -0.05) is 31.4 Å². The molecule has 1 aromatic rings. The Hall–Kier alpha value is -1.69. The number of fused-ring (bicyclic) bond motifs is 1. The van der Waals surface area contributed by atoms with Gasteiger partial charge in [0.15, 0.2) is 0 Å². The summed E-state index contributed by atoms with van der Waals surface area (Å²) >= 11 is 3.91. The Balaban J connectivity index is 1.48. The van der Waals surface area contributed by atoms with E-state index >= 15 is 0 Å². The third kappa shape index (κ3) is 7.38. The highest BCUT2D eigenvalue weighted by Gasteiger charge is 2.12. The van der Waals surface area contributed by atoms with Crippen molar-refractivity contribution in [1.82, 2.24) is 10.6 Å². The van der Waals surface area contributed by atoms with Crippen LogP contribution in [-0.4, -0.2) is 30.7 Å². The highest BCUT2D eigenvalue weighted by Crippen LogP contribution is 2.25. The zero-order chi connectivity index (χ0) is 17.9. The first kappa shape index (κ1) is 19.6. The maximum absolute atomic E-state index is 11.9. The summed E-state index contributed by atoms with van der Waals surface area (Å²) in [6, 6.07) is 6.12. The molecule has 6 heteroatoms. The number of amides is 2. The van der Waals surface area contributed by atoms with Crippen LogP contribution in [0.2, 0.25) is 0 Å². The highest BCUT2D eigenvalue weighted by molar-refractivity contribution is 7.81. The minimum atomic E-state index is -0.0177. The average Bonchev–Trinajstić information content (AvgIpc) is 3.09. The number of hydrogen-bond acceptors (Lipinski definition) is 4. The van der Waals surface area contributed by atoms with E-state index < -0.39 is 0 Å². The maximum Gasteiger partial charge on any atom is 0.229 e. The SMILES string of the molecule is O=C(CS)NCCCCCCCC(=O)NCc1ccc2c(c1)CCO2. The van der Waals surface area contributed by atoms with Crippen molar-refractivity contribution >= 4 is 24.4 Å². The molecule has 25 heavy (non-hydrogen) atoms. The van der Waals surface area contributed by atoms with Gasteiger partial charge in [-0.15, -0.1) is 0 Å². The van der Waals surface area contributed by atoms with Gasteiger partial charge in [-0.2, -0.15) is 12.6 Å². The second-order valence-electron chi connectivity index (χ2n) is 6.34. The summed E-state index contributed by atoms with van der Waals surface area (Å²) in [4.78, 5) is 22.9. The maximum atomic E-state index is 11.9. The standard InChI is InChI=1S/C19H28N2O3S/c22-18(6-4-2-1-3-5-10-20-19(23)14-25)21-13-15-7-8-17-16(12-15)9-11-24-17/h7-8,12,25H,1-6,9-11,13-14H2,(H,20,23)(H,21,22). The van der Waals surface area contributed by atoms with Crippen molar-refractivity contribution in [2.24, 2.45) is 0 Å². The Labute approximate surface area is 155 Å². The monoisotopic (exact) mass is 364 g/mol. The van der Waals surface area contributed by atoms with E-state index in [2.05, 4.69) is 29.3 Å². The second-order valence-corrected chi connectivity index (χ2v) is 6.66. The van der Waals surface area contributed by atoms with E-state index in [0.29, 0.717) is 19.5 Å². The summed E-state index contributed by atoms with van der Waals surface area (Å²) in [5.74, 6) is 1.31. The predicted octanol–water partition coefficient (Wildman–Crippen LogP) is 2.62. The predicted molar refractivity (Wildman–Crippen MR) is 102 cm³/mol. The molecule has 5 nitrogen and oxygen atoms in total. The molecule has 0 aliphatic carbocycles. The molecule has 1 aliphatic rings. The molecule has 0 radical (unpaired) electrons. The minimum Gasteiger partial charge on any atom is -0.493 e. The number of hydrogen-bond donors (Lipinski definition) is 3. The van der Waals surface area contributed by atoms with E-state index in [0.717, 1.165) is 56.4 Å². The summed E-state index contributed by atoms with van der Waals surface area (Å²) in [6.07, 6.45) is 6.63. The number of benzene rings is 1. The molecule has 0 atom stereocenters. The van der Waals surface area contributed by atoms with Crippen molar-refractivity contribution in [2.45, 2.75) is 51.5 Å². The molecular weight excluding hydrogens is 336 g/mol. The van der Waals surface area contributed by atoms with Crippen LogP contribution in [0.15, 0.2) is 18.2 Å². The van der Waals surface area contributed by atoms with Crippen LogP contribution in [0.1, 0.15) is 49.7 Å². The molecule has 1 aromatic carbocycles. The fraction of sp³-hybridized carbons (Fsp3) is 0.579. The lowest BCUT2D eigenvalue weighted by Crippen LogP contribution is -2.25. The van der Waals surface area contributed by atoms with Gasteiger partial charge in [-0.25, -0.2) is 0 Å². The van der Waals surface area contributed by atoms with Crippen LogP contribution in [0.3, 0.4) is 0 Å². The molecular formula is C19H28N2O3S. The molecule has 138 valence electrons. The normalized spacial score (nSPS) is 12.4. The summed E-state index contributed by atoms with van der Waals surface area (Å²) in [5.41, 5.74) is 2.36. The fourth-order valence-electron chi connectivity index (χ4n) is 2.86. The molecule has 2 N–H and O–H groups in total. The zero-order valence-corrected chi connectivity index (χ0v) is 15.6. The van der Waals surface area contributed by atoms with Crippen LogP contribution in [0, 0.1) is 0 Å². The first-order valence-corrected chi connectivity index (χ1v) is 9.71. The van der Waals surface area contributed by atoms with Crippen LogP contribution < -0.4 is 15.4 Å². The Morgan fingerprint density at radius 2 is 1.84 bits per heavy atom. The minimum absolute atomic E-state index is 0.0177. The molecule has 0 spiro atoms. The van der Waals surface area contributed by atoms with Crippen LogP contribution in [-0.2, 0) is 22.6 Å². The first-order chi connectivity index (χ1) is 12.2. The van der Waals surface area contributed by atoms with E-state index in [4.69, 9.17) is 4.74 Å². The van der Waals surface area contributed by atoms with Gasteiger partial charge >= 0.3 is 0 Å². The van der Waals surface area contributed by atoms with Crippen molar-refractivity contribution in [3.63, 3.8) is 0 Å². The number of nitrogens with one attached hydrogen (secondary N) is 2. The number of carbonyl (C=O) groups is 2. The summed E-state index contributed by atoms with van der Waals surface area (Å²) < 4.78 is 5.49. The van der Waals surface area contributed by atoms with Crippen LogP contribution in [0.5, 0.6) is 5.75 Å². The first-order valence-electron chi connectivity index (χ1n) is 9.08. The Bertz CT molecular complexity index is 578. The lowest BCUT2D eigenvalue weighted by Gasteiger charge is -2.07. The van der Waals surface area contributed by atoms with E-state index in [-0.39, 0.29) is 17.6 Å². The van der Waals surface area contributed by atoms with Crippen molar-refractivity contribution < 1.29 is 14.3 Å². The molecule has 0 bridgehead atoms. The number of ether oxygens (including phenoxy) is 1. The van der Waals surface area contributed by atoms with E-state index in [1.54, 1.807) is 0 Å². The van der Waals surface area contributed by atoms with Crippen molar-refractivity contribution in [3.05, 3.63) is 29.3 Å². The average molecular weight is 365 g/mol. The van der Waals surface area contributed by atoms with Crippen LogP contribution >= 0.6 is 12.6 Å². The van der Waals surface area contributed by atoms with Crippen LogP contribution in [0.25, 0.3) is 0 Å². The quantitative estimate of drug-likeness (QED) is 0.418. The third-order valence-corrected chi connectivity index (χ3v) is 4.58. The summed E-state index contributed by atoms with van der Waals surface area (Å²) in [7, 11) is 0. The second kappa shape index (κ2) is 11.0. The van der Waals surface area contributed by atoms with Gasteiger partial charge in [0.25, 0.3) is 0 Å². The van der Waals surface area contributed by atoms with Gasteiger partial charge in [0.2, 0.25) is 11.8 Å². The molecule has 0 fully saturated rings. The number of unbranched alkanes of at least 4 members (excludes halogenated alkanes) is 4. The topological polar surface area (TPSA) is 67.4 Å². The molecule has 0 aromatic heterocycles. The smallest absolute Gasteiger partial charge is 0.229 e. The molecule has 2 amide bonds. The van der Waals surface area contributed by atoms with Gasteiger partial charge in [-0.05, 0) is 30.0 Å². The molecule has 1 aliphatic heterocycles. The third-order valence-electron chi connectivity index (χ3n) is 4.29. The molecule has 0 unspecified atom stereocenters. The van der Waals surface area contributed by atoms with Crippen molar-refractivity contribution in [2.75, 3.05) is 18.9 Å². The Morgan fingerprint density at radius 1 is 1.04 bits per heavy atom. The van der Waals surface area contributed by atoms with Crippen molar-refractivity contribution in [1.29, 1.82) is 0 Å². The molecule has 0 saturated carbocycles. The van der Waals surface area contributed by atoms with Crippen LogP contribution in [0.4, 0.5) is 0 Å².